The topological polar surface area (TPSA) is 52.6 Å². The number of Topliss-reactive ketones (excluding diaryl/α,β-unsaturated/α-hetero) is 1. The Morgan fingerprint density at radius 1 is 1.00 bits per heavy atom. The van der Waals surface area contributed by atoms with Gasteiger partial charge in [-0.05, 0) is 43.2 Å². The highest BCUT2D eigenvalue weighted by atomic mass is 16.5. The number of carbonyl (C=O) groups excluding carboxylic acids is 2. The van der Waals surface area contributed by atoms with Crippen molar-refractivity contribution in [1.29, 1.82) is 0 Å². The third kappa shape index (κ3) is 4.95. The third-order valence-electron chi connectivity index (χ3n) is 3.30. The van der Waals surface area contributed by atoms with Gasteiger partial charge in [0.15, 0.2) is 5.78 Å². The smallest absolute Gasteiger partial charge is 0.302 e. The number of ether oxygens (including phenoxy) is 2. The second kappa shape index (κ2) is 7.58. The number of fused-ring (bicyclic) bond motifs is 1. The van der Waals surface area contributed by atoms with Gasteiger partial charge in [0.25, 0.3) is 0 Å². The van der Waals surface area contributed by atoms with Gasteiger partial charge in [0, 0.05) is 18.1 Å². The fraction of sp³-hybridized carbons (Fsp3) is 0.263. The van der Waals surface area contributed by atoms with Crippen LogP contribution in [0.25, 0.3) is 11.1 Å². The fourth-order valence-electron chi connectivity index (χ4n) is 2.17. The van der Waals surface area contributed by atoms with E-state index in [9.17, 15) is 9.59 Å². The van der Waals surface area contributed by atoms with E-state index in [1.807, 2.05) is 36.4 Å². The van der Waals surface area contributed by atoms with Crippen LogP contribution < -0.4 is 4.74 Å². The molecule has 120 valence electrons. The minimum Gasteiger partial charge on any atom is -0.489 e. The molecule has 0 aliphatic heterocycles. The van der Waals surface area contributed by atoms with E-state index in [2.05, 4.69) is 10.8 Å². The molecule has 0 heterocycles. The Kier molecular flexibility index (Phi) is 5.52. The summed E-state index contributed by atoms with van der Waals surface area (Å²) in [4.78, 5) is 21.3. The second-order valence-corrected chi connectivity index (χ2v) is 5.17. The Morgan fingerprint density at radius 3 is 2.17 bits per heavy atom. The van der Waals surface area contributed by atoms with Crippen LogP contribution in [0.3, 0.4) is 0 Å². The average Bonchev–Trinajstić information content (AvgIpc) is 3.12. The van der Waals surface area contributed by atoms with Crippen molar-refractivity contribution in [3.63, 3.8) is 0 Å². The number of benzene rings is 2. The van der Waals surface area contributed by atoms with Crippen LogP contribution in [0, 0.1) is 0 Å². The van der Waals surface area contributed by atoms with Gasteiger partial charge in [0.1, 0.15) is 12.4 Å². The first-order chi connectivity index (χ1) is 11.0. The van der Waals surface area contributed by atoms with E-state index in [0.29, 0.717) is 13.2 Å². The molecule has 0 radical (unpaired) electrons. The van der Waals surface area contributed by atoms with Crippen molar-refractivity contribution in [3.8, 4) is 16.9 Å². The van der Waals surface area contributed by atoms with Crippen LogP contribution in [-0.4, -0.2) is 18.4 Å². The Morgan fingerprint density at radius 2 is 1.65 bits per heavy atom. The summed E-state index contributed by atoms with van der Waals surface area (Å²) >= 11 is 0. The van der Waals surface area contributed by atoms with E-state index in [1.54, 1.807) is 13.8 Å². The molecule has 0 unspecified atom stereocenters. The number of ketones is 1. The van der Waals surface area contributed by atoms with E-state index in [0.717, 1.165) is 16.9 Å². The lowest BCUT2D eigenvalue weighted by molar-refractivity contribution is -0.140. The highest BCUT2D eigenvalue weighted by Gasteiger charge is 2.15. The van der Waals surface area contributed by atoms with Gasteiger partial charge in [0.2, 0.25) is 0 Å². The zero-order valence-electron chi connectivity index (χ0n) is 13.6. The van der Waals surface area contributed by atoms with Gasteiger partial charge in [-0.3, -0.25) is 9.59 Å². The van der Waals surface area contributed by atoms with E-state index in [4.69, 9.17) is 4.74 Å². The first-order valence-electron chi connectivity index (χ1n) is 7.51. The monoisotopic (exact) mass is 312 g/mol. The van der Waals surface area contributed by atoms with Gasteiger partial charge in [-0.1, -0.05) is 24.3 Å². The van der Waals surface area contributed by atoms with Gasteiger partial charge in [-0.25, -0.2) is 0 Å². The molecular formula is C19H20O4. The molecule has 4 nitrogen and oxygen atoms in total. The molecular weight excluding hydrogens is 292 g/mol. The first kappa shape index (κ1) is 16.7. The van der Waals surface area contributed by atoms with E-state index >= 15 is 0 Å². The summed E-state index contributed by atoms with van der Waals surface area (Å²) in [5.74, 6) is 0.752. The summed E-state index contributed by atoms with van der Waals surface area (Å²) in [6, 6.07) is 13.7. The molecule has 0 saturated carbocycles. The van der Waals surface area contributed by atoms with Crippen LogP contribution >= 0.6 is 0 Å². The van der Waals surface area contributed by atoms with Crippen LogP contribution in [0.4, 0.5) is 0 Å². The predicted molar refractivity (Wildman–Crippen MR) is 88.5 cm³/mol. The van der Waals surface area contributed by atoms with Crippen molar-refractivity contribution >= 4 is 11.8 Å². The molecule has 3 rings (SSSR count). The summed E-state index contributed by atoms with van der Waals surface area (Å²) in [5.41, 5.74) is 4.21. The number of hydrogen-bond acceptors (Lipinski definition) is 4. The SMILES string of the molecule is CC(=O)c1ccccc1COc1cc2cc-2c1.CCOC(C)=O. The summed E-state index contributed by atoms with van der Waals surface area (Å²) in [6.07, 6.45) is 0. The van der Waals surface area contributed by atoms with Crippen molar-refractivity contribution in [2.24, 2.45) is 0 Å². The summed E-state index contributed by atoms with van der Waals surface area (Å²) in [6.45, 7) is 5.68. The van der Waals surface area contributed by atoms with Crippen molar-refractivity contribution in [2.75, 3.05) is 6.61 Å². The van der Waals surface area contributed by atoms with Gasteiger partial charge in [0.05, 0.1) is 6.61 Å². The molecule has 2 aliphatic rings. The molecule has 2 aliphatic carbocycles. The molecule has 1 aromatic rings. The van der Waals surface area contributed by atoms with Crippen LogP contribution in [-0.2, 0) is 16.1 Å². The van der Waals surface area contributed by atoms with Crippen molar-refractivity contribution < 1.29 is 19.1 Å². The maximum Gasteiger partial charge on any atom is 0.302 e. The average molecular weight is 312 g/mol. The lowest BCUT2D eigenvalue weighted by Gasteiger charge is -2.07. The van der Waals surface area contributed by atoms with E-state index < -0.39 is 0 Å². The predicted octanol–water partition coefficient (Wildman–Crippen LogP) is 4.02. The number of rotatable bonds is 5. The molecule has 0 bridgehead atoms. The summed E-state index contributed by atoms with van der Waals surface area (Å²) in [5, 5.41) is 0. The molecule has 0 saturated heterocycles. The Balaban J connectivity index is 0.000000277. The molecule has 0 atom stereocenters. The van der Waals surface area contributed by atoms with Crippen LogP contribution in [0.15, 0.2) is 42.5 Å². The highest BCUT2D eigenvalue weighted by Crippen LogP contribution is 2.40. The molecule has 0 aromatic heterocycles. The maximum absolute atomic E-state index is 11.4. The highest BCUT2D eigenvalue weighted by molar-refractivity contribution is 5.95. The van der Waals surface area contributed by atoms with Crippen molar-refractivity contribution in [3.05, 3.63) is 53.6 Å². The minimum atomic E-state index is -0.211. The molecule has 0 amide bonds. The molecule has 0 fully saturated rings. The van der Waals surface area contributed by atoms with Gasteiger partial charge in [-0.2, -0.15) is 0 Å². The normalized spacial score (nSPS) is 10.2. The third-order valence-corrected chi connectivity index (χ3v) is 3.30. The lowest BCUT2D eigenvalue weighted by atomic mass is 10.1. The first-order valence-corrected chi connectivity index (χ1v) is 7.51. The van der Waals surface area contributed by atoms with E-state index in [-0.39, 0.29) is 11.8 Å². The molecule has 0 N–H and O–H groups in total. The fourth-order valence-corrected chi connectivity index (χ4v) is 2.17. The van der Waals surface area contributed by atoms with Crippen LogP contribution in [0.1, 0.15) is 36.7 Å². The molecule has 23 heavy (non-hydrogen) atoms. The van der Waals surface area contributed by atoms with Crippen LogP contribution in [0.2, 0.25) is 0 Å². The van der Waals surface area contributed by atoms with Crippen molar-refractivity contribution in [2.45, 2.75) is 27.4 Å². The number of esters is 1. The zero-order chi connectivity index (χ0) is 16.8. The maximum atomic E-state index is 11.4. The zero-order valence-corrected chi connectivity index (χ0v) is 13.6. The Labute approximate surface area is 136 Å². The summed E-state index contributed by atoms with van der Waals surface area (Å²) < 4.78 is 10.1. The van der Waals surface area contributed by atoms with Crippen LogP contribution in [0.5, 0.6) is 5.75 Å². The molecule has 4 heteroatoms. The van der Waals surface area contributed by atoms with Gasteiger partial charge in [-0.15, -0.1) is 0 Å². The second-order valence-electron chi connectivity index (χ2n) is 5.17. The number of carbonyl (C=O) groups is 2. The quantitative estimate of drug-likeness (QED) is 0.527. The lowest BCUT2D eigenvalue weighted by Crippen LogP contribution is -2.03. The standard InChI is InChI=1S/C15H12O2.C4H8O2/c1-10(16)15-5-3-2-4-11(15)9-17-14-7-12-6-13(12)8-14;1-3-6-4(2)5/h2-8H,9H2,1H3;3H2,1-2H3. The molecule has 1 aromatic carbocycles. The Hall–Kier alpha value is -2.62. The largest absolute Gasteiger partial charge is 0.489 e. The number of hydrogen-bond donors (Lipinski definition) is 0. The Bertz CT molecular complexity index is 699. The van der Waals surface area contributed by atoms with Crippen molar-refractivity contribution in [1.82, 2.24) is 0 Å². The summed E-state index contributed by atoms with van der Waals surface area (Å²) in [7, 11) is 0. The van der Waals surface area contributed by atoms with Gasteiger partial charge >= 0.3 is 5.97 Å². The molecule has 0 spiro atoms. The minimum absolute atomic E-state index is 0.0773. The van der Waals surface area contributed by atoms with Gasteiger partial charge < -0.3 is 9.47 Å². The van der Waals surface area contributed by atoms with E-state index in [1.165, 1.54) is 18.1 Å².